The van der Waals surface area contributed by atoms with Crippen molar-refractivity contribution in [2.24, 2.45) is 5.41 Å². The summed E-state index contributed by atoms with van der Waals surface area (Å²) in [5.74, 6) is -0.470. The number of carbonyl (C=O) groups is 1. The van der Waals surface area contributed by atoms with Gasteiger partial charge in [0, 0.05) is 13.1 Å². The third-order valence-electron chi connectivity index (χ3n) is 2.87. The number of sulfone groups is 1. The minimum Gasteiger partial charge on any atom is -0.468 e. The fourth-order valence-electron chi connectivity index (χ4n) is 2.18. The summed E-state index contributed by atoms with van der Waals surface area (Å²) in [6.45, 7) is 0.793. The summed E-state index contributed by atoms with van der Waals surface area (Å²) in [4.78, 5) is 11.4. The van der Waals surface area contributed by atoms with Crippen LogP contribution in [0.4, 0.5) is 0 Å². The molecule has 0 aromatic rings. The molecule has 2 saturated heterocycles. The van der Waals surface area contributed by atoms with Gasteiger partial charge in [0.05, 0.1) is 18.1 Å². The molecule has 2 aliphatic heterocycles. The third-order valence-corrected chi connectivity index (χ3v) is 5.27. The number of esters is 1. The Morgan fingerprint density at radius 3 is 2.85 bits per heavy atom. The second kappa shape index (κ2) is 2.45. The lowest BCUT2D eigenvalue weighted by molar-refractivity contribution is -0.151. The summed E-state index contributed by atoms with van der Waals surface area (Å²) in [7, 11) is -1.75. The van der Waals surface area contributed by atoms with Gasteiger partial charge in [0.15, 0.2) is 9.84 Å². The largest absolute Gasteiger partial charge is 0.468 e. The van der Waals surface area contributed by atoms with E-state index in [9.17, 15) is 13.2 Å². The van der Waals surface area contributed by atoms with Gasteiger partial charge in [-0.15, -0.1) is 0 Å². The molecule has 0 aromatic carbocycles. The lowest BCUT2D eigenvalue weighted by Crippen LogP contribution is -2.61. The minimum atomic E-state index is -3.04. The predicted octanol–water partition coefficient (Wildman–Crippen LogP) is -1.45. The summed E-state index contributed by atoms with van der Waals surface area (Å²) in [6.07, 6.45) is 0. The molecule has 2 rings (SSSR count). The zero-order valence-electron chi connectivity index (χ0n) is 7.24. The first-order valence-electron chi connectivity index (χ1n) is 4.04. The van der Waals surface area contributed by atoms with Crippen molar-refractivity contribution in [3.63, 3.8) is 0 Å². The van der Waals surface area contributed by atoms with Gasteiger partial charge in [-0.1, -0.05) is 0 Å². The molecule has 5 nitrogen and oxygen atoms in total. The number of hydrogen-bond acceptors (Lipinski definition) is 5. The average Bonchev–Trinajstić information content (AvgIpc) is 2.43. The van der Waals surface area contributed by atoms with Crippen LogP contribution in [0.15, 0.2) is 0 Å². The number of hydrogen-bond donors (Lipinski definition) is 1. The van der Waals surface area contributed by atoms with Gasteiger partial charge >= 0.3 is 5.97 Å². The van der Waals surface area contributed by atoms with E-state index in [0.717, 1.165) is 0 Å². The summed E-state index contributed by atoms with van der Waals surface area (Å²) in [5.41, 5.74) is -0.784. The van der Waals surface area contributed by atoms with Crippen LogP contribution in [0.5, 0.6) is 0 Å². The second-order valence-electron chi connectivity index (χ2n) is 3.57. The Hall–Kier alpha value is -0.620. The van der Waals surface area contributed by atoms with Crippen LogP contribution in [0.1, 0.15) is 0 Å². The third kappa shape index (κ3) is 0.955. The van der Waals surface area contributed by atoms with Crippen molar-refractivity contribution in [3.8, 4) is 0 Å². The van der Waals surface area contributed by atoms with Crippen LogP contribution in [0.3, 0.4) is 0 Å². The summed E-state index contributed by atoms with van der Waals surface area (Å²) >= 11 is 0. The zero-order chi connectivity index (χ0) is 9.69. The van der Waals surface area contributed by atoms with E-state index in [1.54, 1.807) is 0 Å². The smallest absolute Gasteiger partial charge is 0.315 e. The topological polar surface area (TPSA) is 72.5 Å². The monoisotopic (exact) mass is 205 g/mol. The fourth-order valence-corrected chi connectivity index (χ4v) is 4.54. The van der Waals surface area contributed by atoms with Crippen molar-refractivity contribution in [1.29, 1.82) is 0 Å². The Balaban J connectivity index is 2.32. The van der Waals surface area contributed by atoms with E-state index in [-0.39, 0.29) is 5.75 Å². The molecular weight excluding hydrogens is 194 g/mol. The molecule has 0 aromatic heterocycles. The highest BCUT2D eigenvalue weighted by atomic mass is 32.2. The van der Waals surface area contributed by atoms with Gasteiger partial charge in [0.1, 0.15) is 5.41 Å². The highest BCUT2D eigenvalue weighted by Gasteiger charge is 2.66. The molecule has 0 saturated carbocycles. The van der Waals surface area contributed by atoms with Crippen molar-refractivity contribution in [3.05, 3.63) is 0 Å². The first-order chi connectivity index (χ1) is 6.03. The Labute approximate surface area is 76.4 Å². The second-order valence-corrected chi connectivity index (χ2v) is 5.76. The molecule has 2 fully saturated rings. The molecule has 2 aliphatic rings. The lowest BCUT2D eigenvalue weighted by Gasteiger charge is -2.40. The van der Waals surface area contributed by atoms with Gasteiger partial charge in [-0.05, 0) is 0 Å². The standard InChI is InChI=1S/C7H11NO4S/c1-12-6(9)7-3-8-2-5(7)13(10,11)4-7/h5,8H,2-4H2,1H3. The molecule has 13 heavy (non-hydrogen) atoms. The minimum absolute atomic E-state index is 0.0651. The summed E-state index contributed by atoms with van der Waals surface area (Å²) < 4.78 is 27.2. The summed E-state index contributed by atoms with van der Waals surface area (Å²) in [6, 6.07) is 0. The molecule has 0 bridgehead atoms. The number of ether oxygens (including phenoxy) is 1. The molecule has 2 heterocycles. The summed E-state index contributed by atoms with van der Waals surface area (Å²) in [5, 5.41) is 2.35. The van der Waals surface area contributed by atoms with E-state index in [2.05, 4.69) is 10.1 Å². The van der Waals surface area contributed by atoms with E-state index in [1.807, 2.05) is 0 Å². The van der Waals surface area contributed by atoms with Crippen molar-refractivity contribution in [2.75, 3.05) is 26.0 Å². The zero-order valence-corrected chi connectivity index (χ0v) is 8.06. The molecular formula is C7H11NO4S. The molecule has 1 N–H and O–H groups in total. The number of nitrogens with one attached hydrogen (secondary N) is 1. The molecule has 0 spiro atoms. The molecule has 74 valence electrons. The maximum Gasteiger partial charge on any atom is 0.315 e. The van der Waals surface area contributed by atoms with Crippen molar-refractivity contribution >= 4 is 15.8 Å². The van der Waals surface area contributed by atoms with Gasteiger partial charge < -0.3 is 10.1 Å². The van der Waals surface area contributed by atoms with Crippen LogP contribution >= 0.6 is 0 Å². The lowest BCUT2D eigenvalue weighted by atomic mass is 9.88. The highest BCUT2D eigenvalue weighted by Crippen LogP contribution is 2.43. The molecule has 6 heteroatoms. The van der Waals surface area contributed by atoms with E-state index in [1.165, 1.54) is 7.11 Å². The normalized spacial score (nSPS) is 40.5. The van der Waals surface area contributed by atoms with Gasteiger partial charge in [-0.25, -0.2) is 8.42 Å². The SMILES string of the molecule is COC(=O)C12CNCC1S(=O)(=O)C2. The van der Waals surface area contributed by atoms with E-state index in [0.29, 0.717) is 13.1 Å². The van der Waals surface area contributed by atoms with Crippen LogP contribution in [0.25, 0.3) is 0 Å². The molecule has 2 unspecified atom stereocenters. The van der Waals surface area contributed by atoms with Crippen molar-refractivity contribution in [1.82, 2.24) is 5.32 Å². The molecule has 2 atom stereocenters. The number of rotatable bonds is 1. The Morgan fingerprint density at radius 1 is 1.62 bits per heavy atom. The quantitative estimate of drug-likeness (QED) is 0.530. The van der Waals surface area contributed by atoms with Gasteiger partial charge in [0.2, 0.25) is 0 Å². The van der Waals surface area contributed by atoms with Crippen molar-refractivity contribution < 1.29 is 17.9 Å². The predicted molar refractivity (Wildman–Crippen MR) is 44.9 cm³/mol. The fraction of sp³-hybridized carbons (Fsp3) is 0.857. The van der Waals surface area contributed by atoms with E-state index < -0.39 is 26.5 Å². The van der Waals surface area contributed by atoms with Gasteiger partial charge in [0.25, 0.3) is 0 Å². The number of carbonyl (C=O) groups excluding carboxylic acids is 1. The molecule has 0 radical (unpaired) electrons. The van der Waals surface area contributed by atoms with Crippen LogP contribution < -0.4 is 5.32 Å². The highest BCUT2D eigenvalue weighted by molar-refractivity contribution is 7.93. The Kier molecular flexibility index (Phi) is 1.69. The Bertz CT molecular complexity index is 350. The van der Waals surface area contributed by atoms with Crippen LogP contribution in [0.2, 0.25) is 0 Å². The van der Waals surface area contributed by atoms with Crippen LogP contribution in [0, 0.1) is 5.41 Å². The maximum atomic E-state index is 11.4. The first kappa shape index (κ1) is 8.96. The number of fused-ring (bicyclic) bond motifs is 1. The van der Waals surface area contributed by atoms with Gasteiger partial charge in [-0.2, -0.15) is 0 Å². The van der Waals surface area contributed by atoms with Crippen LogP contribution in [-0.4, -0.2) is 45.6 Å². The van der Waals surface area contributed by atoms with Gasteiger partial charge in [-0.3, -0.25) is 4.79 Å². The molecule has 0 amide bonds. The van der Waals surface area contributed by atoms with E-state index >= 15 is 0 Å². The number of methoxy groups -OCH3 is 1. The maximum absolute atomic E-state index is 11.4. The first-order valence-corrected chi connectivity index (χ1v) is 5.75. The van der Waals surface area contributed by atoms with Crippen molar-refractivity contribution in [2.45, 2.75) is 5.25 Å². The average molecular weight is 205 g/mol. The van der Waals surface area contributed by atoms with Crippen LogP contribution in [-0.2, 0) is 19.4 Å². The molecule has 0 aliphatic carbocycles. The Morgan fingerprint density at radius 2 is 2.31 bits per heavy atom. The van der Waals surface area contributed by atoms with E-state index in [4.69, 9.17) is 0 Å².